The topological polar surface area (TPSA) is 97.3 Å². The van der Waals surface area contributed by atoms with Crippen molar-refractivity contribution in [2.75, 3.05) is 19.0 Å². The fourth-order valence-electron chi connectivity index (χ4n) is 3.71. The molecule has 8 nitrogen and oxygen atoms in total. The molecule has 0 aliphatic carbocycles. The summed E-state index contributed by atoms with van der Waals surface area (Å²) < 4.78 is 10.5. The maximum atomic E-state index is 13.3. The molecule has 2 aromatic carbocycles. The molecule has 0 spiro atoms. The highest BCUT2D eigenvalue weighted by molar-refractivity contribution is 8.18. The molecule has 0 saturated carbocycles. The van der Waals surface area contributed by atoms with Crippen LogP contribution in [0.2, 0.25) is 5.02 Å². The number of halogens is 1. The summed E-state index contributed by atoms with van der Waals surface area (Å²) >= 11 is 6.96. The summed E-state index contributed by atoms with van der Waals surface area (Å²) in [4.78, 5) is 45.2. The zero-order valence-electron chi connectivity index (χ0n) is 19.2. The Morgan fingerprint density at radius 2 is 1.83 bits per heavy atom. The second-order valence-corrected chi connectivity index (χ2v) is 9.02. The van der Waals surface area contributed by atoms with Gasteiger partial charge < -0.3 is 14.8 Å². The van der Waals surface area contributed by atoms with Crippen molar-refractivity contribution >= 4 is 52.0 Å². The lowest BCUT2D eigenvalue weighted by molar-refractivity contribution is -0.139. The Bertz CT molecular complexity index is 1270. The molecule has 2 amide bonds. The number of aliphatic imine (C=N–C) groups is 1. The van der Waals surface area contributed by atoms with E-state index in [0.29, 0.717) is 32.9 Å². The lowest BCUT2D eigenvalue weighted by atomic mass is 9.94. The van der Waals surface area contributed by atoms with Gasteiger partial charge in [0.25, 0.3) is 11.8 Å². The minimum Gasteiger partial charge on any atom is -0.497 e. The number of hydrogen-bond acceptors (Lipinski definition) is 7. The highest BCUT2D eigenvalue weighted by atomic mass is 35.5. The smallest absolute Gasteiger partial charge is 0.338 e. The van der Waals surface area contributed by atoms with Crippen LogP contribution in [0.3, 0.4) is 0 Å². The number of hydrogen-bond donors (Lipinski definition) is 1. The molecule has 2 heterocycles. The molecular formula is C25H22ClN3O5S. The number of esters is 1. The zero-order chi connectivity index (χ0) is 25.1. The minimum atomic E-state index is -0.774. The van der Waals surface area contributed by atoms with Crippen molar-refractivity contribution in [2.45, 2.75) is 19.9 Å². The van der Waals surface area contributed by atoms with Crippen molar-refractivity contribution in [1.82, 2.24) is 4.90 Å². The number of anilines is 1. The fraction of sp³-hybridized carbons (Fsp3) is 0.200. The zero-order valence-corrected chi connectivity index (χ0v) is 20.8. The third kappa shape index (κ3) is 5.11. The molecule has 180 valence electrons. The van der Waals surface area contributed by atoms with Gasteiger partial charge in [0, 0.05) is 16.8 Å². The number of carbonyl (C=O) groups is 3. The van der Waals surface area contributed by atoms with Gasteiger partial charge in [-0.25, -0.2) is 9.79 Å². The average molecular weight is 512 g/mol. The lowest BCUT2D eigenvalue weighted by Crippen LogP contribution is -2.45. The molecule has 2 aliphatic rings. The highest BCUT2D eigenvalue weighted by Gasteiger charge is 2.42. The molecule has 1 atom stereocenters. The van der Waals surface area contributed by atoms with E-state index in [2.05, 4.69) is 10.3 Å². The first-order valence-corrected chi connectivity index (χ1v) is 11.9. The van der Waals surface area contributed by atoms with Crippen LogP contribution in [0.4, 0.5) is 5.69 Å². The first-order chi connectivity index (χ1) is 16.8. The van der Waals surface area contributed by atoms with Crippen LogP contribution >= 0.6 is 23.4 Å². The van der Waals surface area contributed by atoms with Crippen molar-refractivity contribution in [3.63, 3.8) is 0 Å². The van der Waals surface area contributed by atoms with Gasteiger partial charge >= 0.3 is 5.97 Å². The van der Waals surface area contributed by atoms with Gasteiger partial charge in [-0.3, -0.25) is 14.5 Å². The molecule has 4 rings (SSSR count). The predicted molar refractivity (Wildman–Crippen MR) is 135 cm³/mol. The molecule has 0 saturated heterocycles. The van der Waals surface area contributed by atoms with Crippen LogP contribution in [0.25, 0.3) is 0 Å². The summed E-state index contributed by atoms with van der Waals surface area (Å²) in [6.07, 6.45) is 1.24. The van der Waals surface area contributed by atoms with E-state index in [1.54, 1.807) is 69.5 Å². The molecule has 2 aliphatic heterocycles. The first kappa shape index (κ1) is 24.6. The number of rotatable bonds is 6. The average Bonchev–Trinajstić information content (AvgIpc) is 2.84. The highest BCUT2D eigenvalue weighted by Crippen LogP contribution is 2.42. The van der Waals surface area contributed by atoms with E-state index in [4.69, 9.17) is 21.1 Å². The second kappa shape index (κ2) is 10.4. The van der Waals surface area contributed by atoms with Crippen LogP contribution in [0, 0.1) is 0 Å². The standard InChI is InChI=1S/C25H22ClN3O5S/c1-4-34-24(32)21-14(2)27-25-29(22(21)15-5-11-18(33-3)12-6-15)20(30)13-19(35-25)23(31)28-17-9-7-16(26)8-10-17/h5-13,22H,4H2,1-3H3,(H,28,31)/t22-/m0/s1. The van der Waals surface area contributed by atoms with Crippen molar-refractivity contribution in [2.24, 2.45) is 4.99 Å². The van der Waals surface area contributed by atoms with Crippen molar-refractivity contribution in [1.29, 1.82) is 0 Å². The largest absolute Gasteiger partial charge is 0.497 e. The molecule has 0 unspecified atom stereocenters. The van der Waals surface area contributed by atoms with Crippen LogP contribution in [0.5, 0.6) is 5.75 Å². The number of carbonyl (C=O) groups excluding carboxylic acids is 3. The van der Waals surface area contributed by atoms with Crippen LogP contribution < -0.4 is 10.1 Å². The van der Waals surface area contributed by atoms with E-state index in [9.17, 15) is 14.4 Å². The molecule has 10 heteroatoms. The minimum absolute atomic E-state index is 0.180. The molecule has 2 aromatic rings. The fourth-order valence-corrected chi connectivity index (χ4v) is 4.81. The first-order valence-electron chi connectivity index (χ1n) is 10.7. The third-order valence-electron chi connectivity index (χ3n) is 5.34. The number of nitrogens with zero attached hydrogens (tertiary/aromatic N) is 2. The van der Waals surface area contributed by atoms with Crippen molar-refractivity contribution in [3.05, 3.63) is 81.4 Å². The maximum Gasteiger partial charge on any atom is 0.338 e. The van der Waals surface area contributed by atoms with Gasteiger partial charge in [-0.05, 0) is 67.6 Å². The van der Waals surface area contributed by atoms with E-state index in [0.717, 1.165) is 11.8 Å². The van der Waals surface area contributed by atoms with E-state index < -0.39 is 23.8 Å². The van der Waals surface area contributed by atoms with Gasteiger partial charge in [0.05, 0.1) is 35.9 Å². The number of nitrogens with one attached hydrogen (secondary N) is 1. The molecule has 0 radical (unpaired) electrons. The molecule has 0 fully saturated rings. The number of methoxy groups -OCH3 is 1. The van der Waals surface area contributed by atoms with Crippen molar-refractivity contribution in [3.8, 4) is 5.75 Å². The Morgan fingerprint density at radius 1 is 1.14 bits per heavy atom. The normalized spacial score (nSPS) is 17.3. The molecule has 0 bridgehead atoms. The van der Waals surface area contributed by atoms with E-state index >= 15 is 0 Å². The number of ether oxygens (including phenoxy) is 2. The van der Waals surface area contributed by atoms with Gasteiger partial charge in [0.1, 0.15) is 5.75 Å². The molecule has 35 heavy (non-hydrogen) atoms. The number of amidine groups is 1. The molecular weight excluding hydrogens is 490 g/mol. The summed E-state index contributed by atoms with van der Waals surface area (Å²) in [5.74, 6) is -0.843. The van der Waals surface area contributed by atoms with E-state index in [1.807, 2.05) is 0 Å². The summed E-state index contributed by atoms with van der Waals surface area (Å²) in [5.41, 5.74) is 1.89. The second-order valence-electron chi connectivity index (χ2n) is 7.57. The Morgan fingerprint density at radius 3 is 2.46 bits per heavy atom. The number of allylic oxidation sites excluding steroid dienone is 1. The molecule has 0 aromatic heterocycles. The quantitative estimate of drug-likeness (QED) is 0.565. The van der Waals surface area contributed by atoms with Gasteiger partial charge in [-0.15, -0.1) is 0 Å². The van der Waals surface area contributed by atoms with Gasteiger partial charge in [-0.2, -0.15) is 0 Å². The van der Waals surface area contributed by atoms with Gasteiger partial charge in [-0.1, -0.05) is 23.7 Å². The summed E-state index contributed by atoms with van der Waals surface area (Å²) in [7, 11) is 1.56. The van der Waals surface area contributed by atoms with Gasteiger partial charge in [0.2, 0.25) is 0 Å². The van der Waals surface area contributed by atoms with E-state index in [-0.39, 0.29) is 17.1 Å². The number of benzene rings is 2. The number of thioether (sulfide) groups is 1. The van der Waals surface area contributed by atoms with Gasteiger partial charge in [0.15, 0.2) is 5.17 Å². The van der Waals surface area contributed by atoms with Crippen LogP contribution in [0.15, 0.2) is 75.8 Å². The number of amides is 2. The maximum absolute atomic E-state index is 13.3. The third-order valence-corrected chi connectivity index (χ3v) is 6.58. The summed E-state index contributed by atoms with van der Waals surface area (Å²) in [5, 5.41) is 3.59. The monoisotopic (exact) mass is 511 g/mol. The Balaban J connectivity index is 1.71. The molecule has 1 N–H and O–H groups in total. The van der Waals surface area contributed by atoms with Crippen molar-refractivity contribution < 1.29 is 23.9 Å². The number of fused-ring (bicyclic) bond motifs is 1. The van der Waals surface area contributed by atoms with Crippen LogP contribution in [-0.4, -0.2) is 41.6 Å². The Hall–Kier alpha value is -3.56. The predicted octanol–water partition coefficient (Wildman–Crippen LogP) is 4.69. The lowest BCUT2D eigenvalue weighted by Gasteiger charge is -2.38. The summed E-state index contributed by atoms with van der Waals surface area (Å²) in [6.45, 7) is 3.58. The summed E-state index contributed by atoms with van der Waals surface area (Å²) in [6, 6.07) is 12.9. The van der Waals surface area contributed by atoms with E-state index in [1.165, 1.54) is 11.0 Å². The Kier molecular flexibility index (Phi) is 7.28. The Labute approximate surface area is 211 Å². The SMILES string of the molecule is CCOC(=O)C1=C(C)N=C2SC(C(=O)Nc3ccc(Cl)cc3)=CC(=O)N2[C@H]1c1ccc(OC)cc1. The van der Waals surface area contributed by atoms with Crippen LogP contribution in [0.1, 0.15) is 25.5 Å². The van der Waals surface area contributed by atoms with Crippen LogP contribution in [-0.2, 0) is 19.1 Å².